The lowest BCUT2D eigenvalue weighted by Gasteiger charge is -2.28. The molecule has 1 aliphatic heterocycles. The minimum Gasteiger partial charge on any atom is -0.480 e. The maximum Gasteiger partial charge on any atom is 0.266 e. The van der Waals surface area contributed by atoms with E-state index in [2.05, 4.69) is 18.8 Å². The van der Waals surface area contributed by atoms with E-state index in [0.29, 0.717) is 30.6 Å². The van der Waals surface area contributed by atoms with Gasteiger partial charge in [0.15, 0.2) is 18.2 Å². The van der Waals surface area contributed by atoms with Crippen LogP contribution in [0.4, 0.5) is 5.82 Å². The highest BCUT2D eigenvalue weighted by Gasteiger charge is 2.26. The first-order valence-corrected chi connectivity index (χ1v) is 6.05. The summed E-state index contributed by atoms with van der Waals surface area (Å²) < 4.78 is 10.4. The molecule has 0 N–H and O–H groups in total. The Balaban J connectivity index is 2.29. The molecule has 98 valence electrons. The number of anilines is 1. The first kappa shape index (κ1) is 12.8. The molecular weight excluding hydrogens is 232 g/mol. The summed E-state index contributed by atoms with van der Waals surface area (Å²) in [7, 11) is 1.61. The van der Waals surface area contributed by atoms with Crippen LogP contribution in [-0.2, 0) is 9.53 Å². The van der Waals surface area contributed by atoms with Crippen molar-refractivity contribution in [1.29, 1.82) is 0 Å². The van der Waals surface area contributed by atoms with Gasteiger partial charge in [-0.05, 0) is 17.5 Å². The molecule has 1 aromatic heterocycles. The van der Waals surface area contributed by atoms with E-state index < -0.39 is 0 Å². The average molecular weight is 250 g/mol. The minimum atomic E-state index is -0.0793. The van der Waals surface area contributed by atoms with Crippen LogP contribution in [0.3, 0.4) is 0 Å². The Morgan fingerprint density at radius 1 is 1.56 bits per heavy atom. The number of carbonyl (C=O) groups excluding carboxylic acids is 1. The van der Waals surface area contributed by atoms with Crippen molar-refractivity contribution in [3.05, 3.63) is 17.8 Å². The summed E-state index contributed by atoms with van der Waals surface area (Å²) in [6.45, 7) is 5.25. The summed E-state index contributed by atoms with van der Waals surface area (Å²) in [5, 5.41) is 0. The molecule has 1 aromatic rings. The Morgan fingerprint density at radius 3 is 3.00 bits per heavy atom. The highest BCUT2D eigenvalue weighted by Crippen LogP contribution is 2.32. The average Bonchev–Trinajstić information content (AvgIpc) is 2.37. The molecule has 5 heteroatoms. The van der Waals surface area contributed by atoms with Crippen LogP contribution in [0, 0.1) is 0 Å². The largest absolute Gasteiger partial charge is 0.480 e. The van der Waals surface area contributed by atoms with Crippen LogP contribution in [0.1, 0.15) is 25.3 Å². The number of amides is 1. The Kier molecular flexibility index (Phi) is 3.81. The van der Waals surface area contributed by atoms with Gasteiger partial charge in [-0.1, -0.05) is 13.8 Å². The van der Waals surface area contributed by atoms with Gasteiger partial charge < -0.3 is 9.47 Å². The third kappa shape index (κ3) is 2.46. The van der Waals surface area contributed by atoms with E-state index in [9.17, 15) is 4.79 Å². The zero-order chi connectivity index (χ0) is 13.1. The lowest BCUT2D eigenvalue weighted by molar-refractivity contribution is -0.121. The van der Waals surface area contributed by atoms with Gasteiger partial charge in [-0.3, -0.25) is 9.69 Å². The second-order valence-corrected chi connectivity index (χ2v) is 4.57. The fourth-order valence-corrected chi connectivity index (χ4v) is 1.83. The molecule has 2 rings (SSSR count). The van der Waals surface area contributed by atoms with Gasteiger partial charge in [0.2, 0.25) is 0 Å². The Labute approximate surface area is 107 Å². The second-order valence-electron chi connectivity index (χ2n) is 4.57. The number of fused-ring (bicyclic) bond motifs is 1. The molecule has 1 aliphatic rings. The van der Waals surface area contributed by atoms with Crippen molar-refractivity contribution in [2.75, 3.05) is 31.8 Å². The number of hydrogen-bond acceptors (Lipinski definition) is 4. The van der Waals surface area contributed by atoms with Crippen LogP contribution in [0.15, 0.2) is 12.3 Å². The van der Waals surface area contributed by atoms with E-state index >= 15 is 0 Å². The number of rotatable bonds is 4. The second kappa shape index (κ2) is 5.35. The van der Waals surface area contributed by atoms with Crippen molar-refractivity contribution in [2.24, 2.45) is 0 Å². The molecule has 0 aromatic carbocycles. The predicted molar refractivity (Wildman–Crippen MR) is 68.1 cm³/mol. The number of pyridine rings is 1. The lowest BCUT2D eigenvalue weighted by Crippen LogP contribution is -2.41. The molecule has 0 saturated carbocycles. The van der Waals surface area contributed by atoms with Crippen LogP contribution in [0.25, 0.3) is 0 Å². The topological polar surface area (TPSA) is 51.7 Å². The number of methoxy groups -OCH3 is 1. The SMILES string of the molecule is COCCN1C(=O)COc2cc(C(C)C)cnc21. The number of hydrogen-bond donors (Lipinski definition) is 0. The van der Waals surface area contributed by atoms with Gasteiger partial charge in [0.1, 0.15) is 0 Å². The van der Waals surface area contributed by atoms with E-state index in [1.165, 1.54) is 0 Å². The van der Waals surface area contributed by atoms with Gasteiger partial charge in [-0.25, -0.2) is 4.98 Å². The van der Waals surface area contributed by atoms with Crippen molar-refractivity contribution >= 4 is 11.7 Å². The van der Waals surface area contributed by atoms with Crippen molar-refractivity contribution < 1.29 is 14.3 Å². The smallest absolute Gasteiger partial charge is 0.266 e. The molecule has 0 spiro atoms. The monoisotopic (exact) mass is 250 g/mol. The van der Waals surface area contributed by atoms with E-state index in [4.69, 9.17) is 9.47 Å². The van der Waals surface area contributed by atoms with Crippen molar-refractivity contribution in [3.8, 4) is 5.75 Å². The summed E-state index contributed by atoms with van der Waals surface area (Å²) in [5.74, 6) is 1.57. The van der Waals surface area contributed by atoms with Crippen LogP contribution in [-0.4, -0.2) is 37.8 Å². The molecule has 5 nitrogen and oxygen atoms in total. The van der Waals surface area contributed by atoms with Crippen LogP contribution >= 0.6 is 0 Å². The summed E-state index contributed by atoms with van der Waals surface area (Å²) in [6.07, 6.45) is 1.80. The van der Waals surface area contributed by atoms with Gasteiger partial charge in [-0.2, -0.15) is 0 Å². The van der Waals surface area contributed by atoms with Gasteiger partial charge in [0.05, 0.1) is 13.2 Å². The highest BCUT2D eigenvalue weighted by atomic mass is 16.5. The first-order chi connectivity index (χ1) is 8.63. The van der Waals surface area contributed by atoms with E-state index in [0.717, 1.165) is 5.56 Å². The van der Waals surface area contributed by atoms with E-state index in [1.807, 2.05) is 6.07 Å². The predicted octanol–water partition coefficient (Wildman–Crippen LogP) is 1.58. The summed E-state index contributed by atoms with van der Waals surface area (Å²) in [4.78, 5) is 17.8. The van der Waals surface area contributed by atoms with E-state index in [1.54, 1.807) is 18.2 Å². The molecule has 0 radical (unpaired) electrons. The quantitative estimate of drug-likeness (QED) is 0.814. The third-order valence-corrected chi connectivity index (χ3v) is 2.95. The van der Waals surface area contributed by atoms with Crippen molar-refractivity contribution in [3.63, 3.8) is 0 Å². The molecule has 18 heavy (non-hydrogen) atoms. The first-order valence-electron chi connectivity index (χ1n) is 6.05. The molecule has 2 heterocycles. The van der Waals surface area contributed by atoms with Gasteiger partial charge in [-0.15, -0.1) is 0 Å². The van der Waals surface area contributed by atoms with Gasteiger partial charge in [0, 0.05) is 13.3 Å². The summed E-state index contributed by atoms with van der Waals surface area (Å²) in [6, 6.07) is 1.96. The summed E-state index contributed by atoms with van der Waals surface area (Å²) in [5.41, 5.74) is 1.11. The molecule has 0 saturated heterocycles. The number of carbonyl (C=O) groups is 1. The number of aromatic nitrogens is 1. The normalized spacial score (nSPS) is 14.7. The van der Waals surface area contributed by atoms with Crippen LogP contribution < -0.4 is 9.64 Å². The fourth-order valence-electron chi connectivity index (χ4n) is 1.83. The molecular formula is C13H18N2O3. The Bertz CT molecular complexity index is 446. The van der Waals surface area contributed by atoms with Crippen molar-refractivity contribution in [2.45, 2.75) is 19.8 Å². The minimum absolute atomic E-state index is 0.0694. The zero-order valence-corrected chi connectivity index (χ0v) is 11.0. The highest BCUT2D eigenvalue weighted by molar-refractivity contribution is 5.96. The zero-order valence-electron chi connectivity index (χ0n) is 11.0. The molecule has 1 amide bonds. The Hall–Kier alpha value is -1.62. The van der Waals surface area contributed by atoms with Gasteiger partial charge in [0.25, 0.3) is 5.91 Å². The van der Waals surface area contributed by atoms with Crippen LogP contribution in [0.2, 0.25) is 0 Å². The molecule has 0 atom stereocenters. The third-order valence-electron chi connectivity index (χ3n) is 2.95. The maximum absolute atomic E-state index is 11.8. The summed E-state index contributed by atoms with van der Waals surface area (Å²) >= 11 is 0. The number of nitrogens with zero attached hydrogens (tertiary/aromatic N) is 2. The van der Waals surface area contributed by atoms with E-state index in [-0.39, 0.29) is 12.5 Å². The Morgan fingerprint density at radius 2 is 2.33 bits per heavy atom. The molecule has 0 unspecified atom stereocenters. The standard InChI is InChI=1S/C13H18N2O3/c1-9(2)10-6-11-13(14-7-10)15(4-5-17-3)12(16)8-18-11/h6-7,9H,4-5,8H2,1-3H3. The van der Waals surface area contributed by atoms with Gasteiger partial charge >= 0.3 is 0 Å². The fraction of sp³-hybridized carbons (Fsp3) is 0.538. The molecule has 0 aliphatic carbocycles. The number of ether oxygens (including phenoxy) is 2. The molecule has 0 bridgehead atoms. The maximum atomic E-state index is 11.8. The van der Waals surface area contributed by atoms with Crippen molar-refractivity contribution in [1.82, 2.24) is 4.98 Å². The lowest BCUT2D eigenvalue weighted by atomic mass is 10.1. The molecule has 0 fully saturated rings. The van der Waals surface area contributed by atoms with Crippen LogP contribution in [0.5, 0.6) is 5.75 Å².